The molecule has 0 N–H and O–H groups in total. The van der Waals surface area contributed by atoms with Gasteiger partial charge in [0.2, 0.25) is 0 Å². The third-order valence-electron chi connectivity index (χ3n) is 2.84. The zero-order chi connectivity index (χ0) is 10.8. The number of aldehydes is 1. The van der Waals surface area contributed by atoms with Crippen LogP contribution in [0.3, 0.4) is 0 Å². The molecule has 0 atom stereocenters. The second kappa shape index (κ2) is 4.78. The van der Waals surface area contributed by atoms with Gasteiger partial charge in [0.1, 0.15) is 5.15 Å². The lowest BCUT2D eigenvalue weighted by Gasteiger charge is -2.20. The van der Waals surface area contributed by atoms with Gasteiger partial charge in [-0.15, -0.1) is 0 Å². The van der Waals surface area contributed by atoms with Crippen LogP contribution in [-0.2, 0) is 17.3 Å². The number of carbonyl (C=O) groups is 1. The molecule has 0 spiro atoms. The van der Waals surface area contributed by atoms with Crippen LogP contribution in [0.25, 0.3) is 0 Å². The van der Waals surface area contributed by atoms with Crippen molar-refractivity contribution in [2.45, 2.75) is 30.1 Å². The molecule has 4 heteroatoms. The lowest BCUT2D eigenvalue weighted by atomic mass is 9.88. The van der Waals surface area contributed by atoms with Crippen LogP contribution < -0.4 is 0 Å². The van der Waals surface area contributed by atoms with Crippen LogP contribution in [0.1, 0.15) is 40.0 Å². The molecule has 0 amide bonds. The van der Waals surface area contributed by atoms with Crippen molar-refractivity contribution < 1.29 is 4.79 Å². The molecule has 1 aliphatic carbocycles. The van der Waals surface area contributed by atoms with Gasteiger partial charge in [0.05, 0.1) is 11.3 Å². The number of rotatable bonds is 2. The monoisotopic (exact) mass is 335 g/mol. The predicted molar refractivity (Wildman–Crippen MR) is 69.0 cm³/mol. The Morgan fingerprint density at radius 1 is 1.33 bits per heavy atom. The number of nitrogens with zero attached hydrogens (tertiary/aromatic N) is 1. The Labute approximate surface area is 108 Å². The first-order chi connectivity index (χ1) is 7.27. The molecule has 2 nitrogen and oxygen atoms in total. The maximum atomic E-state index is 11.0. The van der Waals surface area contributed by atoms with E-state index in [0.29, 0.717) is 10.7 Å². The Bertz CT molecular complexity index is 406. The lowest BCUT2D eigenvalue weighted by molar-refractivity contribution is 0.112. The predicted octanol–water partition coefficient (Wildman–Crippen LogP) is 3.36. The molecule has 0 saturated carbocycles. The van der Waals surface area contributed by atoms with Crippen molar-refractivity contribution in [3.63, 3.8) is 0 Å². The van der Waals surface area contributed by atoms with Crippen LogP contribution in [0, 0.1) is 0 Å². The van der Waals surface area contributed by atoms with Gasteiger partial charge in [-0.3, -0.25) is 4.79 Å². The van der Waals surface area contributed by atoms with Gasteiger partial charge in [0.25, 0.3) is 0 Å². The van der Waals surface area contributed by atoms with E-state index in [1.54, 1.807) is 0 Å². The van der Waals surface area contributed by atoms with Gasteiger partial charge < -0.3 is 0 Å². The molecule has 2 rings (SSSR count). The third kappa shape index (κ3) is 2.04. The van der Waals surface area contributed by atoms with Crippen molar-refractivity contribution in [3.05, 3.63) is 27.5 Å². The summed E-state index contributed by atoms with van der Waals surface area (Å²) in [5.74, 6) is 0. The Balaban J connectivity index is 2.65. The highest BCUT2D eigenvalue weighted by Gasteiger charge is 2.20. The maximum Gasteiger partial charge on any atom is 0.153 e. The van der Waals surface area contributed by atoms with E-state index < -0.39 is 0 Å². The van der Waals surface area contributed by atoms with Gasteiger partial charge >= 0.3 is 0 Å². The van der Waals surface area contributed by atoms with Gasteiger partial charge in [-0.25, -0.2) is 4.98 Å². The zero-order valence-electron chi connectivity index (χ0n) is 8.22. The highest BCUT2D eigenvalue weighted by molar-refractivity contribution is 14.1. The summed E-state index contributed by atoms with van der Waals surface area (Å²) in [6.07, 6.45) is 5.19. The summed E-state index contributed by atoms with van der Waals surface area (Å²) in [4.78, 5) is 15.3. The van der Waals surface area contributed by atoms with E-state index >= 15 is 0 Å². The molecule has 1 aliphatic rings. The smallest absolute Gasteiger partial charge is 0.153 e. The van der Waals surface area contributed by atoms with Crippen LogP contribution in [0.2, 0.25) is 5.15 Å². The molecule has 0 saturated heterocycles. The van der Waals surface area contributed by atoms with Crippen LogP contribution >= 0.6 is 34.2 Å². The van der Waals surface area contributed by atoms with Crippen molar-refractivity contribution in [2.75, 3.05) is 0 Å². The van der Waals surface area contributed by atoms with Gasteiger partial charge in [0.15, 0.2) is 6.29 Å². The van der Waals surface area contributed by atoms with Crippen LogP contribution in [-0.4, -0.2) is 11.3 Å². The summed E-state index contributed by atoms with van der Waals surface area (Å²) in [7, 11) is 0. The minimum absolute atomic E-state index is 0.373. The standard InChI is InChI=1S/C11H11ClINO/c12-11-9(6-15)7-3-1-2-4-8(7)10(5-13)14-11/h6H,1-5H2. The minimum Gasteiger partial charge on any atom is -0.298 e. The highest BCUT2D eigenvalue weighted by Crippen LogP contribution is 2.30. The van der Waals surface area contributed by atoms with Gasteiger partial charge in [-0.05, 0) is 36.8 Å². The average Bonchev–Trinajstić information content (AvgIpc) is 2.28. The van der Waals surface area contributed by atoms with E-state index in [9.17, 15) is 4.79 Å². The van der Waals surface area contributed by atoms with Crippen LogP contribution in [0.4, 0.5) is 0 Å². The molecule has 0 aliphatic heterocycles. The Hall–Kier alpha value is -0.160. The topological polar surface area (TPSA) is 30.0 Å². The second-order valence-corrected chi connectivity index (χ2v) is 4.80. The highest BCUT2D eigenvalue weighted by atomic mass is 127. The van der Waals surface area contributed by atoms with Crippen molar-refractivity contribution in [2.24, 2.45) is 0 Å². The van der Waals surface area contributed by atoms with Gasteiger partial charge in [0, 0.05) is 4.43 Å². The summed E-state index contributed by atoms with van der Waals surface area (Å²) in [5.41, 5.74) is 4.07. The number of fused-ring (bicyclic) bond motifs is 1. The molecule has 1 aromatic rings. The molecular formula is C11H11ClINO. The number of carbonyl (C=O) groups excluding carboxylic acids is 1. The fourth-order valence-electron chi connectivity index (χ4n) is 2.12. The summed E-state index contributed by atoms with van der Waals surface area (Å²) >= 11 is 8.29. The summed E-state index contributed by atoms with van der Waals surface area (Å²) in [6.45, 7) is 0. The molecule has 1 aromatic heterocycles. The van der Waals surface area contributed by atoms with Crippen LogP contribution in [0.5, 0.6) is 0 Å². The van der Waals surface area contributed by atoms with Crippen molar-refractivity contribution in [1.82, 2.24) is 4.98 Å². The van der Waals surface area contributed by atoms with Gasteiger partial charge in [-0.2, -0.15) is 0 Å². The first-order valence-electron chi connectivity index (χ1n) is 4.99. The molecule has 0 aromatic carbocycles. The van der Waals surface area contributed by atoms with Crippen molar-refractivity contribution in [1.29, 1.82) is 0 Å². The van der Waals surface area contributed by atoms with E-state index in [1.807, 2.05) is 0 Å². The quantitative estimate of drug-likeness (QED) is 0.359. The Morgan fingerprint density at radius 3 is 2.60 bits per heavy atom. The number of aromatic nitrogens is 1. The number of alkyl halides is 1. The van der Waals surface area contributed by atoms with Crippen LogP contribution in [0.15, 0.2) is 0 Å². The van der Waals surface area contributed by atoms with E-state index in [0.717, 1.165) is 41.2 Å². The minimum atomic E-state index is 0.373. The molecular weight excluding hydrogens is 324 g/mol. The summed E-state index contributed by atoms with van der Waals surface area (Å²) < 4.78 is 0.860. The second-order valence-electron chi connectivity index (χ2n) is 3.68. The summed E-state index contributed by atoms with van der Waals surface area (Å²) in [5, 5.41) is 0.373. The van der Waals surface area contributed by atoms with Gasteiger partial charge in [-0.1, -0.05) is 34.2 Å². The van der Waals surface area contributed by atoms with Crippen molar-refractivity contribution in [3.8, 4) is 0 Å². The Kier molecular flexibility index (Phi) is 3.61. The SMILES string of the molecule is O=Cc1c(Cl)nc(CI)c2c1CCCC2. The first-order valence-corrected chi connectivity index (χ1v) is 6.89. The average molecular weight is 336 g/mol. The normalized spacial score (nSPS) is 14.8. The summed E-state index contributed by atoms with van der Waals surface area (Å²) in [6, 6.07) is 0. The van der Waals surface area contributed by atoms with E-state index in [4.69, 9.17) is 11.6 Å². The molecule has 0 fully saturated rings. The largest absolute Gasteiger partial charge is 0.298 e. The first kappa shape index (κ1) is 11.3. The van der Waals surface area contributed by atoms with E-state index in [2.05, 4.69) is 27.6 Å². The fraction of sp³-hybridized carbons (Fsp3) is 0.455. The molecule has 0 bridgehead atoms. The molecule has 15 heavy (non-hydrogen) atoms. The fourth-order valence-corrected chi connectivity index (χ4v) is 3.01. The number of hydrogen-bond donors (Lipinski definition) is 0. The molecule has 0 unspecified atom stereocenters. The maximum absolute atomic E-state index is 11.0. The Morgan fingerprint density at radius 2 is 2.00 bits per heavy atom. The number of halogens is 2. The third-order valence-corrected chi connectivity index (χ3v) is 3.85. The van der Waals surface area contributed by atoms with E-state index in [-0.39, 0.29) is 0 Å². The molecule has 1 heterocycles. The number of pyridine rings is 1. The lowest BCUT2D eigenvalue weighted by Crippen LogP contribution is -2.11. The van der Waals surface area contributed by atoms with Crippen molar-refractivity contribution >= 4 is 40.5 Å². The zero-order valence-corrected chi connectivity index (χ0v) is 11.1. The molecule has 80 valence electrons. The van der Waals surface area contributed by atoms with E-state index in [1.165, 1.54) is 12.0 Å². The molecule has 0 radical (unpaired) electrons. The number of hydrogen-bond acceptors (Lipinski definition) is 2.